The van der Waals surface area contributed by atoms with Gasteiger partial charge in [-0.15, -0.1) is 0 Å². The number of aliphatic carboxylic acids is 1. The van der Waals surface area contributed by atoms with Gasteiger partial charge in [0, 0.05) is 0 Å². The van der Waals surface area contributed by atoms with E-state index in [2.05, 4.69) is 5.32 Å². The molecule has 0 heterocycles. The number of carbonyl (C=O) groups excluding carboxylic acids is 1. The van der Waals surface area contributed by atoms with Gasteiger partial charge in [-0.1, -0.05) is 32.9 Å². The molecule has 0 radical (unpaired) electrons. The summed E-state index contributed by atoms with van der Waals surface area (Å²) in [5.41, 5.74) is 0.464. The number of carboxylic acids is 1. The average Bonchev–Trinajstić information content (AvgIpc) is 2.31. The third-order valence-electron chi connectivity index (χ3n) is 2.78. The molecule has 1 atom stereocenters. The van der Waals surface area contributed by atoms with Gasteiger partial charge in [0.25, 0.3) is 5.91 Å². The van der Waals surface area contributed by atoms with Gasteiger partial charge >= 0.3 is 5.97 Å². The van der Waals surface area contributed by atoms with E-state index in [9.17, 15) is 9.59 Å². The first-order chi connectivity index (χ1) is 9.20. The molecule has 5 nitrogen and oxygen atoms in total. The van der Waals surface area contributed by atoms with Crippen molar-refractivity contribution in [2.75, 3.05) is 6.61 Å². The molecule has 0 bridgehead atoms. The van der Waals surface area contributed by atoms with Crippen LogP contribution in [0, 0.1) is 12.3 Å². The van der Waals surface area contributed by atoms with E-state index < -0.39 is 23.3 Å². The van der Waals surface area contributed by atoms with Crippen LogP contribution in [0.5, 0.6) is 5.75 Å². The smallest absolute Gasteiger partial charge is 0.326 e. The number of amides is 1. The number of rotatable bonds is 5. The number of benzene rings is 1. The van der Waals surface area contributed by atoms with E-state index in [1.165, 1.54) is 0 Å². The van der Waals surface area contributed by atoms with Crippen LogP contribution >= 0.6 is 0 Å². The number of hydrogen-bond donors (Lipinski definition) is 2. The van der Waals surface area contributed by atoms with E-state index in [1.807, 2.05) is 25.1 Å². The van der Waals surface area contributed by atoms with Crippen LogP contribution in [0.15, 0.2) is 24.3 Å². The van der Waals surface area contributed by atoms with Crippen molar-refractivity contribution in [3.05, 3.63) is 29.8 Å². The zero-order valence-corrected chi connectivity index (χ0v) is 12.3. The van der Waals surface area contributed by atoms with Crippen LogP contribution < -0.4 is 10.1 Å². The molecule has 0 spiro atoms. The van der Waals surface area contributed by atoms with Gasteiger partial charge in [0.15, 0.2) is 6.61 Å². The Labute approximate surface area is 118 Å². The number of ether oxygens (including phenoxy) is 1. The van der Waals surface area contributed by atoms with E-state index >= 15 is 0 Å². The lowest BCUT2D eigenvalue weighted by Gasteiger charge is -2.27. The maximum absolute atomic E-state index is 11.8. The Bertz CT molecular complexity index is 491. The fraction of sp³-hybridized carbons (Fsp3) is 0.467. The minimum absolute atomic E-state index is 0.205. The number of aryl methyl sites for hydroxylation is 1. The van der Waals surface area contributed by atoms with E-state index in [0.29, 0.717) is 5.75 Å². The van der Waals surface area contributed by atoms with Crippen LogP contribution in [0.25, 0.3) is 0 Å². The van der Waals surface area contributed by atoms with Crippen LogP contribution in [-0.4, -0.2) is 29.6 Å². The topological polar surface area (TPSA) is 75.6 Å². The molecule has 1 aromatic rings. The molecule has 0 fully saturated rings. The standard InChI is InChI=1S/C15H21NO4/c1-10-6-5-7-11(8-10)20-9-12(17)16-13(14(18)19)15(2,3)4/h5-8,13H,9H2,1-4H3,(H,16,17)(H,18,19)/t13-/m1/s1. The first-order valence-electron chi connectivity index (χ1n) is 6.42. The van der Waals surface area contributed by atoms with Gasteiger partial charge in [0.2, 0.25) is 0 Å². The lowest BCUT2D eigenvalue weighted by atomic mass is 9.87. The highest BCUT2D eigenvalue weighted by Gasteiger charge is 2.32. The monoisotopic (exact) mass is 279 g/mol. The Balaban J connectivity index is 2.57. The molecule has 0 aliphatic rings. The quantitative estimate of drug-likeness (QED) is 0.864. The van der Waals surface area contributed by atoms with Crippen molar-refractivity contribution < 1.29 is 19.4 Å². The molecule has 1 rings (SSSR count). The van der Waals surface area contributed by atoms with E-state index in [4.69, 9.17) is 9.84 Å². The highest BCUT2D eigenvalue weighted by Crippen LogP contribution is 2.19. The highest BCUT2D eigenvalue weighted by atomic mass is 16.5. The second-order valence-electron chi connectivity index (χ2n) is 5.81. The van der Waals surface area contributed by atoms with Crippen molar-refractivity contribution in [1.29, 1.82) is 0 Å². The maximum atomic E-state index is 11.8. The Morgan fingerprint density at radius 3 is 2.50 bits per heavy atom. The van der Waals surface area contributed by atoms with Gasteiger partial charge in [-0.25, -0.2) is 4.79 Å². The summed E-state index contributed by atoms with van der Waals surface area (Å²) in [6.45, 7) is 6.99. The van der Waals surface area contributed by atoms with E-state index in [1.54, 1.807) is 26.8 Å². The van der Waals surface area contributed by atoms with Crippen LogP contribution in [0.4, 0.5) is 0 Å². The van der Waals surface area contributed by atoms with Gasteiger partial charge in [0.05, 0.1) is 0 Å². The van der Waals surface area contributed by atoms with Gasteiger partial charge in [-0.3, -0.25) is 4.79 Å². The molecule has 5 heteroatoms. The van der Waals surface area contributed by atoms with Gasteiger partial charge in [-0.2, -0.15) is 0 Å². The predicted molar refractivity (Wildman–Crippen MR) is 75.7 cm³/mol. The average molecular weight is 279 g/mol. The minimum atomic E-state index is -1.05. The van der Waals surface area contributed by atoms with Crippen molar-refractivity contribution in [2.24, 2.45) is 5.41 Å². The normalized spacial score (nSPS) is 12.6. The largest absolute Gasteiger partial charge is 0.484 e. The molecular formula is C15H21NO4. The molecule has 0 aliphatic carbocycles. The summed E-state index contributed by atoms with van der Waals surface area (Å²) >= 11 is 0. The van der Waals surface area contributed by atoms with Gasteiger partial charge < -0.3 is 15.2 Å². The molecule has 2 N–H and O–H groups in total. The van der Waals surface area contributed by atoms with Gasteiger partial charge in [0.1, 0.15) is 11.8 Å². The van der Waals surface area contributed by atoms with Crippen molar-refractivity contribution in [1.82, 2.24) is 5.32 Å². The number of carboxylic acid groups (broad SMARTS) is 1. The SMILES string of the molecule is Cc1cccc(OCC(=O)N[C@H](C(=O)O)C(C)(C)C)c1. The molecule has 1 aromatic carbocycles. The first kappa shape index (κ1) is 16.0. The summed E-state index contributed by atoms with van der Waals surface area (Å²) in [5, 5.41) is 11.6. The third-order valence-corrected chi connectivity index (χ3v) is 2.78. The van der Waals surface area contributed by atoms with E-state index in [-0.39, 0.29) is 6.61 Å². The summed E-state index contributed by atoms with van der Waals surface area (Å²) in [5.74, 6) is -0.918. The van der Waals surface area contributed by atoms with Crippen molar-refractivity contribution in [3.8, 4) is 5.75 Å². The Morgan fingerprint density at radius 1 is 1.35 bits per heavy atom. The van der Waals surface area contributed by atoms with Crippen molar-refractivity contribution in [3.63, 3.8) is 0 Å². The number of nitrogens with one attached hydrogen (secondary N) is 1. The minimum Gasteiger partial charge on any atom is -0.484 e. The Morgan fingerprint density at radius 2 is 2.00 bits per heavy atom. The molecule has 0 aliphatic heterocycles. The first-order valence-corrected chi connectivity index (χ1v) is 6.42. The highest BCUT2D eigenvalue weighted by molar-refractivity contribution is 5.84. The molecule has 0 saturated heterocycles. The molecule has 0 unspecified atom stereocenters. The molecule has 0 saturated carbocycles. The zero-order chi connectivity index (χ0) is 15.3. The summed E-state index contributed by atoms with van der Waals surface area (Å²) in [6, 6.07) is 6.37. The number of hydrogen-bond acceptors (Lipinski definition) is 3. The van der Waals surface area contributed by atoms with Crippen LogP contribution in [0.1, 0.15) is 26.3 Å². The zero-order valence-electron chi connectivity index (χ0n) is 12.3. The summed E-state index contributed by atoms with van der Waals surface area (Å²) < 4.78 is 5.34. The molecule has 0 aromatic heterocycles. The van der Waals surface area contributed by atoms with Gasteiger partial charge in [-0.05, 0) is 30.0 Å². The predicted octanol–water partition coefficient (Wildman–Crippen LogP) is 1.99. The van der Waals surface area contributed by atoms with Crippen molar-refractivity contribution in [2.45, 2.75) is 33.7 Å². The lowest BCUT2D eigenvalue weighted by molar-refractivity contribution is -0.145. The second-order valence-corrected chi connectivity index (χ2v) is 5.81. The fourth-order valence-corrected chi connectivity index (χ4v) is 1.71. The summed E-state index contributed by atoms with van der Waals surface area (Å²) in [4.78, 5) is 22.9. The second kappa shape index (κ2) is 6.41. The van der Waals surface area contributed by atoms with Crippen molar-refractivity contribution >= 4 is 11.9 Å². The summed E-state index contributed by atoms with van der Waals surface area (Å²) in [6.07, 6.45) is 0. The maximum Gasteiger partial charge on any atom is 0.326 e. The van der Waals surface area contributed by atoms with Crippen LogP contribution in [0.3, 0.4) is 0 Å². The fourth-order valence-electron chi connectivity index (χ4n) is 1.71. The van der Waals surface area contributed by atoms with Crippen LogP contribution in [0.2, 0.25) is 0 Å². The molecule has 20 heavy (non-hydrogen) atoms. The lowest BCUT2D eigenvalue weighted by Crippen LogP contribution is -2.50. The Hall–Kier alpha value is -2.04. The van der Waals surface area contributed by atoms with Crippen LogP contribution in [-0.2, 0) is 9.59 Å². The van der Waals surface area contributed by atoms with E-state index in [0.717, 1.165) is 5.56 Å². The molecule has 1 amide bonds. The Kier molecular flexibility index (Phi) is 5.13. The molecular weight excluding hydrogens is 258 g/mol. The number of carbonyl (C=O) groups is 2. The third kappa shape index (κ3) is 4.91. The molecule has 110 valence electrons. The summed E-state index contributed by atoms with van der Waals surface area (Å²) in [7, 11) is 0.